The van der Waals surface area contributed by atoms with E-state index in [1.807, 2.05) is 54.6 Å². The van der Waals surface area contributed by atoms with Gasteiger partial charge in [-0.15, -0.1) is 0 Å². The molecule has 0 bridgehead atoms. The number of ether oxygens (including phenoxy) is 2. The molecule has 1 heterocycles. The van der Waals surface area contributed by atoms with Gasteiger partial charge in [-0.3, -0.25) is 4.57 Å². The van der Waals surface area contributed by atoms with Crippen molar-refractivity contribution >= 4 is 10.9 Å². The van der Waals surface area contributed by atoms with Gasteiger partial charge in [0.2, 0.25) is 0 Å². The van der Waals surface area contributed by atoms with Crippen LogP contribution in [0.1, 0.15) is 25.3 Å². The van der Waals surface area contributed by atoms with E-state index in [-0.39, 0.29) is 5.69 Å². The summed E-state index contributed by atoms with van der Waals surface area (Å²) in [5, 5.41) is 0.849. The van der Waals surface area contributed by atoms with Crippen LogP contribution in [0.25, 0.3) is 27.8 Å². The zero-order valence-electron chi connectivity index (χ0n) is 17.5. The van der Waals surface area contributed by atoms with E-state index >= 15 is 0 Å². The summed E-state index contributed by atoms with van der Waals surface area (Å²) in [5.74, 6) is 1.88. The Bertz CT molecular complexity index is 1240. The van der Waals surface area contributed by atoms with Crippen molar-refractivity contribution < 1.29 is 9.47 Å². The third kappa shape index (κ3) is 3.54. The SMILES string of the molecule is COc1ccc(-n2c(=O)nc(-c3ccc(C(C)C)cc3)c3cc(OC)ccc32)cc1. The average Bonchev–Trinajstić information content (AvgIpc) is 2.78. The highest BCUT2D eigenvalue weighted by Gasteiger charge is 2.15. The molecule has 0 amide bonds. The molecule has 3 aromatic carbocycles. The summed E-state index contributed by atoms with van der Waals surface area (Å²) < 4.78 is 12.3. The predicted molar refractivity (Wildman–Crippen MR) is 120 cm³/mol. The van der Waals surface area contributed by atoms with Crippen molar-refractivity contribution in [3.8, 4) is 28.4 Å². The molecule has 0 saturated carbocycles. The lowest BCUT2D eigenvalue weighted by Crippen LogP contribution is -2.22. The molecule has 5 nitrogen and oxygen atoms in total. The maximum absolute atomic E-state index is 13.1. The first-order valence-electron chi connectivity index (χ1n) is 9.87. The van der Waals surface area contributed by atoms with E-state index in [2.05, 4.69) is 31.0 Å². The number of fused-ring (bicyclic) bond motifs is 1. The van der Waals surface area contributed by atoms with Crippen LogP contribution in [0, 0.1) is 0 Å². The molecule has 1 aromatic heterocycles. The number of rotatable bonds is 5. The minimum absolute atomic E-state index is 0.333. The van der Waals surface area contributed by atoms with Gasteiger partial charge < -0.3 is 9.47 Å². The number of methoxy groups -OCH3 is 2. The zero-order valence-corrected chi connectivity index (χ0v) is 17.5. The molecule has 0 aliphatic carbocycles. The fourth-order valence-electron chi connectivity index (χ4n) is 3.56. The van der Waals surface area contributed by atoms with Crippen molar-refractivity contribution in [3.05, 3.63) is 82.8 Å². The van der Waals surface area contributed by atoms with Crippen LogP contribution in [0.15, 0.2) is 71.5 Å². The summed E-state index contributed by atoms with van der Waals surface area (Å²) in [4.78, 5) is 17.6. The number of hydrogen-bond acceptors (Lipinski definition) is 4. The molecule has 4 aromatic rings. The minimum Gasteiger partial charge on any atom is -0.497 e. The molecular weight excluding hydrogens is 376 g/mol. The molecule has 0 saturated heterocycles. The molecule has 30 heavy (non-hydrogen) atoms. The highest BCUT2D eigenvalue weighted by molar-refractivity contribution is 5.94. The average molecular weight is 400 g/mol. The normalized spacial score (nSPS) is 11.1. The van der Waals surface area contributed by atoms with Gasteiger partial charge in [0.25, 0.3) is 0 Å². The summed E-state index contributed by atoms with van der Waals surface area (Å²) in [6, 6.07) is 21.2. The van der Waals surface area contributed by atoms with Crippen molar-refractivity contribution in [2.24, 2.45) is 0 Å². The van der Waals surface area contributed by atoms with Gasteiger partial charge in [0.15, 0.2) is 0 Å². The Morgan fingerprint density at radius 1 is 0.833 bits per heavy atom. The Balaban J connectivity index is 1.97. The molecule has 0 aliphatic rings. The Morgan fingerprint density at radius 2 is 1.47 bits per heavy atom. The van der Waals surface area contributed by atoms with Gasteiger partial charge in [0.05, 0.1) is 31.1 Å². The Labute approximate surface area is 175 Å². The maximum atomic E-state index is 13.1. The van der Waals surface area contributed by atoms with E-state index in [1.165, 1.54) is 5.56 Å². The van der Waals surface area contributed by atoms with Gasteiger partial charge in [0, 0.05) is 10.9 Å². The van der Waals surface area contributed by atoms with Crippen LogP contribution in [-0.4, -0.2) is 23.8 Å². The molecule has 0 aliphatic heterocycles. The van der Waals surface area contributed by atoms with Crippen LogP contribution >= 0.6 is 0 Å². The van der Waals surface area contributed by atoms with Crippen LogP contribution in [0.3, 0.4) is 0 Å². The van der Waals surface area contributed by atoms with Crippen LogP contribution in [0.5, 0.6) is 11.5 Å². The van der Waals surface area contributed by atoms with E-state index in [0.29, 0.717) is 17.4 Å². The zero-order chi connectivity index (χ0) is 21.3. The minimum atomic E-state index is -0.333. The van der Waals surface area contributed by atoms with Crippen molar-refractivity contribution in [1.29, 1.82) is 0 Å². The number of benzene rings is 3. The number of hydrogen-bond donors (Lipinski definition) is 0. The van der Waals surface area contributed by atoms with Gasteiger partial charge in [-0.25, -0.2) is 4.79 Å². The largest absolute Gasteiger partial charge is 0.497 e. The Morgan fingerprint density at radius 3 is 2.07 bits per heavy atom. The van der Waals surface area contributed by atoms with Crippen LogP contribution in [-0.2, 0) is 0 Å². The van der Waals surface area contributed by atoms with Gasteiger partial charge in [0.1, 0.15) is 11.5 Å². The second kappa shape index (κ2) is 8.03. The molecule has 5 heteroatoms. The molecule has 0 spiro atoms. The lowest BCUT2D eigenvalue weighted by molar-refractivity contribution is 0.414. The fraction of sp³-hybridized carbons (Fsp3) is 0.200. The molecule has 0 atom stereocenters. The van der Waals surface area contributed by atoms with Gasteiger partial charge in [-0.05, 0) is 53.9 Å². The summed E-state index contributed by atoms with van der Waals surface area (Å²) in [6.45, 7) is 4.31. The summed E-state index contributed by atoms with van der Waals surface area (Å²) in [7, 11) is 3.24. The highest BCUT2D eigenvalue weighted by Crippen LogP contribution is 2.31. The molecular formula is C25H24N2O3. The molecule has 4 rings (SSSR count). The third-order valence-electron chi connectivity index (χ3n) is 5.28. The van der Waals surface area contributed by atoms with Gasteiger partial charge >= 0.3 is 5.69 Å². The summed E-state index contributed by atoms with van der Waals surface area (Å²) in [5.41, 5.74) is 3.95. The topological polar surface area (TPSA) is 53.4 Å². The first kappa shape index (κ1) is 19.7. The van der Waals surface area contributed by atoms with Gasteiger partial charge in [-0.1, -0.05) is 38.1 Å². The lowest BCUT2D eigenvalue weighted by atomic mass is 9.99. The van der Waals surface area contributed by atoms with E-state index in [0.717, 1.165) is 27.9 Å². The second-order valence-corrected chi connectivity index (χ2v) is 7.44. The van der Waals surface area contributed by atoms with Crippen molar-refractivity contribution in [2.45, 2.75) is 19.8 Å². The Kier molecular flexibility index (Phi) is 5.27. The highest BCUT2D eigenvalue weighted by atomic mass is 16.5. The Hall–Kier alpha value is -3.60. The number of nitrogens with zero attached hydrogens (tertiary/aromatic N) is 2. The van der Waals surface area contributed by atoms with Crippen LogP contribution in [0.2, 0.25) is 0 Å². The first-order chi connectivity index (χ1) is 14.5. The molecule has 152 valence electrons. The lowest BCUT2D eigenvalue weighted by Gasteiger charge is -2.15. The van der Waals surface area contributed by atoms with Crippen molar-refractivity contribution in [2.75, 3.05) is 14.2 Å². The van der Waals surface area contributed by atoms with E-state index in [1.54, 1.807) is 18.8 Å². The predicted octanol–water partition coefficient (Wildman–Crippen LogP) is 5.19. The van der Waals surface area contributed by atoms with E-state index in [4.69, 9.17) is 9.47 Å². The van der Waals surface area contributed by atoms with E-state index < -0.39 is 0 Å². The fourth-order valence-corrected chi connectivity index (χ4v) is 3.56. The third-order valence-corrected chi connectivity index (χ3v) is 5.28. The summed E-state index contributed by atoms with van der Waals surface area (Å²) in [6.07, 6.45) is 0. The molecule has 0 unspecified atom stereocenters. The van der Waals surface area contributed by atoms with Crippen molar-refractivity contribution in [1.82, 2.24) is 9.55 Å². The molecule has 0 fully saturated rings. The first-order valence-corrected chi connectivity index (χ1v) is 9.87. The standard InChI is InChI=1S/C25H24N2O3/c1-16(2)17-5-7-18(8-6-17)24-22-15-21(30-4)13-14-23(22)27(25(28)26-24)19-9-11-20(29-3)12-10-19/h5-16H,1-4H3. The molecule has 0 radical (unpaired) electrons. The quantitative estimate of drug-likeness (QED) is 0.462. The van der Waals surface area contributed by atoms with Crippen LogP contribution in [0.4, 0.5) is 0 Å². The molecule has 0 N–H and O–H groups in total. The van der Waals surface area contributed by atoms with Crippen LogP contribution < -0.4 is 15.2 Å². The smallest absolute Gasteiger partial charge is 0.353 e. The maximum Gasteiger partial charge on any atom is 0.353 e. The summed E-state index contributed by atoms with van der Waals surface area (Å²) >= 11 is 0. The second-order valence-electron chi connectivity index (χ2n) is 7.44. The van der Waals surface area contributed by atoms with Gasteiger partial charge in [-0.2, -0.15) is 4.98 Å². The van der Waals surface area contributed by atoms with E-state index in [9.17, 15) is 4.79 Å². The van der Waals surface area contributed by atoms with Crippen molar-refractivity contribution in [3.63, 3.8) is 0 Å². The number of aromatic nitrogens is 2. The monoisotopic (exact) mass is 400 g/mol.